The van der Waals surface area contributed by atoms with Crippen LogP contribution in [0.4, 0.5) is 5.69 Å². The number of thiophene rings is 1. The Hall–Kier alpha value is -1.19. The van der Waals surface area contributed by atoms with Crippen LogP contribution in [0.1, 0.15) is 17.8 Å². The van der Waals surface area contributed by atoms with Crippen LogP contribution >= 0.6 is 22.9 Å². The van der Waals surface area contributed by atoms with E-state index in [0.29, 0.717) is 4.34 Å². The standard InChI is InChI=1S/C11H13ClN4O2S2/c1-7(9-2-3-11(12)19-9)16-20(17,18)10-6-14-5-4-8(10)15-13/h2-7,16H,13H2,1H3,(H,14,15). The molecule has 0 aliphatic heterocycles. The van der Waals surface area contributed by atoms with Gasteiger partial charge in [0, 0.05) is 17.3 Å². The minimum absolute atomic E-state index is 0.00277. The molecule has 6 nitrogen and oxygen atoms in total. The minimum Gasteiger partial charge on any atom is -0.323 e. The van der Waals surface area contributed by atoms with Crippen molar-refractivity contribution in [1.29, 1.82) is 0 Å². The normalized spacial score (nSPS) is 13.2. The largest absolute Gasteiger partial charge is 0.323 e. The fraction of sp³-hybridized carbons (Fsp3) is 0.182. The van der Waals surface area contributed by atoms with Gasteiger partial charge < -0.3 is 5.43 Å². The van der Waals surface area contributed by atoms with E-state index in [9.17, 15) is 8.42 Å². The van der Waals surface area contributed by atoms with Gasteiger partial charge in [0.1, 0.15) is 4.90 Å². The third-order valence-electron chi connectivity index (χ3n) is 2.58. The number of rotatable bonds is 5. The molecule has 2 aromatic heterocycles. The average molecular weight is 333 g/mol. The number of nitrogens with zero attached hydrogens (tertiary/aromatic N) is 1. The number of aromatic nitrogens is 1. The lowest BCUT2D eigenvalue weighted by Gasteiger charge is -2.14. The van der Waals surface area contributed by atoms with Crippen LogP contribution in [0.3, 0.4) is 0 Å². The number of sulfonamides is 1. The van der Waals surface area contributed by atoms with Crippen molar-refractivity contribution in [1.82, 2.24) is 9.71 Å². The van der Waals surface area contributed by atoms with E-state index < -0.39 is 16.1 Å². The molecule has 1 unspecified atom stereocenters. The van der Waals surface area contributed by atoms with Crippen LogP contribution in [0.15, 0.2) is 35.5 Å². The molecule has 9 heteroatoms. The van der Waals surface area contributed by atoms with Crippen LogP contribution < -0.4 is 16.0 Å². The molecule has 0 saturated heterocycles. The Morgan fingerprint density at radius 3 is 2.75 bits per heavy atom. The van der Waals surface area contributed by atoms with E-state index in [4.69, 9.17) is 17.4 Å². The molecular weight excluding hydrogens is 320 g/mol. The highest BCUT2D eigenvalue weighted by atomic mass is 35.5. The first-order valence-electron chi connectivity index (χ1n) is 5.62. The number of nitrogens with two attached hydrogens (primary N) is 1. The van der Waals surface area contributed by atoms with E-state index in [-0.39, 0.29) is 10.6 Å². The van der Waals surface area contributed by atoms with Crippen molar-refractivity contribution >= 4 is 38.6 Å². The molecule has 0 fully saturated rings. The van der Waals surface area contributed by atoms with Gasteiger partial charge in [0.05, 0.1) is 16.1 Å². The molecule has 2 rings (SSSR count). The van der Waals surface area contributed by atoms with Crippen LogP contribution in [0.25, 0.3) is 0 Å². The molecule has 0 aliphatic carbocycles. The number of halogens is 1. The second-order valence-corrected chi connectivity index (χ2v) is 7.43. The zero-order valence-corrected chi connectivity index (χ0v) is 12.9. The summed E-state index contributed by atoms with van der Waals surface area (Å²) in [5, 5.41) is 0. The third-order valence-corrected chi connectivity index (χ3v) is 5.56. The van der Waals surface area contributed by atoms with Crippen LogP contribution in [0.2, 0.25) is 4.34 Å². The molecule has 0 aromatic carbocycles. The lowest BCUT2D eigenvalue weighted by Crippen LogP contribution is -2.27. The van der Waals surface area contributed by atoms with Gasteiger partial charge in [-0.05, 0) is 25.1 Å². The summed E-state index contributed by atoms with van der Waals surface area (Å²) in [6.45, 7) is 1.74. The van der Waals surface area contributed by atoms with Crippen molar-refractivity contribution in [3.8, 4) is 0 Å². The molecule has 0 saturated carbocycles. The number of nitrogens with one attached hydrogen (secondary N) is 2. The fourth-order valence-electron chi connectivity index (χ4n) is 1.63. The number of hydrogen-bond donors (Lipinski definition) is 3. The molecule has 0 spiro atoms. The molecule has 0 amide bonds. The summed E-state index contributed by atoms with van der Waals surface area (Å²) in [5.41, 5.74) is 2.62. The zero-order valence-electron chi connectivity index (χ0n) is 10.5. The molecule has 0 aliphatic rings. The van der Waals surface area contributed by atoms with Gasteiger partial charge in [0.15, 0.2) is 0 Å². The Morgan fingerprint density at radius 1 is 1.40 bits per heavy atom. The number of hydrogen-bond acceptors (Lipinski definition) is 6. The molecule has 2 heterocycles. The zero-order chi connectivity index (χ0) is 14.8. The SMILES string of the molecule is CC(NS(=O)(=O)c1cnccc1NN)c1ccc(Cl)s1. The van der Waals surface area contributed by atoms with Crippen molar-refractivity contribution in [2.45, 2.75) is 17.9 Å². The molecule has 1 atom stereocenters. The van der Waals surface area contributed by atoms with Crippen LogP contribution in [0, 0.1) is 0 Å². The Bertz CT molecular complexity index is 702. The number of anilines is 1. The minimum atomic E-state index is -3.73. The van der Waals surface area contributed by atoms with Gasteiger partial charge >= 0.3 is 0 Å². The van der Waals surface area contributed by atoms with E-state index in [1.807, 2.05) is 0 Å². The molecule has 2 aromatic rings. The first kappa shape index (κ1) is 15.2. The first-order chi connectivity index (χ1) is 9.44. The van der Waals surface area contributed by atoms with Crippen molar-refractivity contribution in [2.24, 2.45) is 5.84 Å². The maximum absolute atomic E-state index is 12.3. The van der Waals surface area contributed by atoms with Gasteiger partial charge in [0.2, 0.25) is 10.0 Å². The van der Waals surface area contributed by atoms with Crippen molar-refractivity contribution in [3.05, 3.63) is 39.8 Å². The van der Waals surface area contributed by atoms with E-state index in [1.165, 1.54) is 29.8 Å². The summed E-state index contributed by atoms with van der Waals surface area (Å²) in [6, 6.07) is 4.60. The summed E-state index contributed by atoms with van der Waals surface area (Å²) in [7, 11) is -3.73. The predicted molar refractivity (Wildman–Crippen MR) is 80.1 cm³/mol. The summed E-state index contributed by atoms with van der Waals surface area (Å²) in [4.78, 5) is 4.63. The maximum atomic E-state index is 12.3. The van der Waals surface area contributed by atoms with Crippen molar-refractivity contribution in [3.63, 3.8) is 0 Å². The summed E-state index contributed by atoms with van der Waals surface area (Å²) < 4.78 is 27.8. The van der Waals surface area contributed by atoms with Gasteiger partial charge in [-0.1, -0.05) is 11.6 Å². The van der Waals surface area contributed by atoms with E-state index in [0.717, 1.165) is 4.88 Å². The molecule has 4 N–H and O–H groups in total. The highest BCUT2D eigenvalue weighted by Crippen LogP contribution is 2.28. The second-order valence-electron chi connectivity index (χ2n) is 4.00. The lowest BCUT2D eigenvalue weighted by atomic mass is 10.3. The number of nitrogen functional groups attached to an aromatic ring is 1. The highest BCUT2D eigenvalue weighted by molar-refractivity contribution is 7.89. The fourth-order valence-corrected chi connectivity index (χ4v) is 4.10. The third kappa shape index (κ3) is 3.28. The number of pyridine rings is 1. The van der Waals surface area contributed by atoms with E-state index in [1.54, 1.807) is 19.1 Å². The van der Waals surface area contributed by atoms with Crippen LogP contribution in [-0.4, -0.2) is 13.4 Å². The summed E-state index contributed by atoms with van der Waals surface area (Å²) in [6.07, 6.45) is 2.70. The average Bonchev–Trinajstić information content (AvgIpc) is 2.85. The van der Waals surface area contributed by atoms with Crippen molar-refractivity contribution < 1.29 is 8.42 Å². The Kier molecular flexibility index (Phi) is 4.61. The maximum Gasteiger partial charge on any atom is 0.244 e. The second kappa shape index (κ2) is 6.06. The van der Waals surface area contributed by atoms with Gasteiger partial charge in [-0.25, -0.2) is 13.1 Å². The lowest BCUT2D eigenvalue weighted by molar-refractivity contribution is 0.568. The molecule has 108 valence electrons. The summed E-state index contributed by atoms with van der Waals surface area (Å²) in [5.74, 6) is 5.31. The topological polar surface area (TPSA) is 97.1 Å². The van der Waals surface area contributed by atoms with Gasteiger partial charge in [-0.15, -0.1) is 11.3 Å². The Balaban J connectivity index is 2.27. The van der Waals surface area contributed by atoms with Gasteiger partial charge in [0.25, 0.3) is 0 Å². The van der Waals surface area contributed by atoms with Gasteiger partial charge in [-0.3, -0.25) is 10.8 Å². The molecule has 20 heavy (non-hydrogen) atoms. The van der Waals surface area contributed by atoms with Crippen molar-refractivity contribution in [2.75, 3.05) is 5.43 Å². The number of hydrazine groups is 1. The predicted octanol–water partition coefficient (Wildman–Crippen LogP) is 2.12. The van der Waals surface area contributed by atoms with Crippen LogP contribution in [-0.2, 0) is 10.0 Å². The Morgan fingerprint density at radius 2 is 2.15 bits per heavy atom. The smallest absolute Gasteiger partial charge is 0.244 e. The molecule has 0 bridgehead atoms. The molecular formula is C11H13ClN4O2S2. The Labute approximate surface area is 126 Å². The monoisotopic (exact) mass is 332 g/mol. The van der Waals surface area contributed by atoms with Gasteiger partial charge in [-0.2, -0.15) is 0 Å². The van der Waals surface area contributed by atoms with Crippen LogP contribution in [0.5, 0.6) is 0 Å². The summed E-state index contributed by atoms with van der Waals surface area (Å²) >= 11 is 7.17. The molecule has 0 radical (unpaired) electrons. The first-order valence-corrected chi connectivity index (χ1v) is 8.30. The van der Waals surface area contributed by atoms with E-state index in [2.05, 4.69) is 15.1 Å². The van der Waals surface area contributed by atoms with E-state index >= 15 is 0 Å². The highest BCUT2D eigenvalue weighted by Gasteiger charge is 2.22. The quantitative estimate of drug-likeness (QED) is 0.575.